The largest absolute Gasteiger partial charge is 0.439 e. The first-order valence-electron chi connectivity index (χ1n) is 7.22. The van der Waals surface area contributed by atoms with Crippen LogP contribution in [-0.2, 0) is 0 Å². The lowest BCUT2D eigenvalue weighted by atomic mass is 9.85. The van der Waals surface area contributed by atoms with Crippen LogP contribution < -0.4 is 5.32 Å². The van der Waals surface area contributed by atoms with Gasteiger partial charge in [-0.05, 0) is 31.2 Å². The van der Waals surface area contributed by atoms with E-state index in [2.05, 4.69) is 10.3 Å². The Kier molecular flexibility index (Phi) is 2.97. The Hall–Kier alpha value is -1.13. The van der Waals surface area contributed by atoms with E-state index in [0.717, 1.165) is 12.3 Å². The van der Waals surface area contributed by atoms with Gasteiger partial charge >= 0.3 is 0 Å². The first kappa shape index (κ1) is 12.6. The summed E-state index contributed by atoms with van der Waals surface area (Å²) in [4.78, 5) is 4.47. The lowest BCUT2D eigenvalue weighted by molar-refractivity contribution is 0.325. The highest BCUT2D eigenvalue weighted by molar-refractivity contribution is 6.31. The first-order chi connectivity index (χ1) is 9.70. The Bertz CT molecular complexity index is 604. The maximum absolute atomic E-state index is 13.4. The molecule has 0 bridgehead atoms. The summed E-state index contributed by atoms with van der Waals surface area (Å²) >= 11 is 5.78. The average Bonchev–Trinajstić information content (AvgIpc) is 3.02. The van der Waals surface area contributed by atoms with Gasteiger partial charge in [0.1, 0.15) is 11.3 Å². The second-order valence-electron chi connectivity index (χ2n) is 5.89. The molecule has 0 radical (unpaired) electrons. The van der Waals surface area contributed by atoms with Crippen LogP contribution >= 0.6 is 11.6 Å². The van der Waals surface area contributed by atoms with Crippen molar-refractivity contribution in [3.05, 3.63) is 28.9 Å². The second kappa shape index (κ2) is 4.71. The monoisotopic (exact) mass is 294 g/mol. The number of aromatic nitrogens is 1. The number of halogens is 2. The van der Waals surface area contributed by atoms with E-state index >= 15 is 0 Å². The molecule has 2 aromatic rings. The van der Waals surface area contributed by atoms with Gasteiger partial charge in [0.15, 0.2) is 5.58 Å². The lowest BCUT2D eigenvalue weighted by Gasteiger charge is -2.24. The summed E-state index contributed by atoms with van der Waals surface area (Å²) < 4.78 is 19.2. The van der Waals surface area contributed by atoms with Crippen molar-refractivity contribution in [1.82, 2.24) is 10.3 Å². The predicted molar refractivity (Wildman–Crippen MR) is 75.2 cm³/mol. The van der Waals surface area contributed by atoms with E-state index in [0.29, 0.717) is 23.0 Å². The molecule has 3 unspecified atom stereocenters. The molecule has 2 fully saturated rings. The summed E-state index contributed by atoms with van der Waals surface area (Å²) in [5.74, 6) is 0.926. The van der Waals surface area contributed by atoms with Crippen molar-refractivity contribution in [2.45, 2.75) is 44.2 Å². The summed E-state index contributed by atoms with van der Waals surface area (Å²) in [6, 6.07) is 3.58. The molecule has 20 heavy (non-hydrogen) atoms. The highest BCUT2D eigenvalue weighted by Gasteiger charge is 2.37. The molecule has 2 heterocycles. The van der Waals surface area contributed by atoms with Gasteiger partial charge in [-0.2, -0.15) is 0 Å². The SMILES string of the molecule is Fc1cc2oc(C3CC4CCCCC4N3)nc2cc1Cl. The molecule has 5 heteroatoms. The van der Waals surface area contributed by atoms with E-state index < -0.39 is 5.82 Å². The van der Waals surface area contributed by atoms with Crippen LogP contribution in [0.3, 0.4) is 0 Å². The molecule has 1 saturated carbocycles. The fourth-order valence-corrected chi connectivity index (χ4v) is 3.76. The van der Waals surface area contributed by atoms with E-state index in [-0.39, 0.29) is 11.1 Å². The van der Waals surface area contributed by atoms with Crippen LogP contribution in [0.5, 0.6) is 0 Å². The molecule has 3 nitrogen and oxygen atoms in total. The van der Waals surface area contributed by atoms with Crippen molar-refractivity contribution < 1.29 is 8.81 Å². The third-order valence-corrected chi connectivity index (χ3v) is 4.90. The highest BCUT2D eigenvalue weighted by atomic mass is 35.5. The molecule has 0 amide bonds. The van der Waals surface area contributed by atoms with E-state index in [9.17, 15) is 4.39 Å². The molecule has 1 aromatic heterocycles. The smallest absolute Gasteiger partial charge is 0.212 e. The van der Waals surface area contributed by atoms with Gasteiger partial charge in [0, 0.05) is 12.1 Å². The average molecular weight is 295 g/mol. The Balaban J connectivity index is 1.65. The van der Waals surface area contributed by atoms with Crippen LogP contribution in [0.4, 0.5) is 4.39 Å². The minimum absolute atomic E-state index is 0.0883. The summed E-state index contributed by atoms with van der Waals surface area (Å²) in [5, 5.41) is 3.70. The topological polar surface area (TPSA) is 38.1 Å². The van der Waals surface area contributed by atoms with E-state index in [1.54, 1.807) is 0 Å². The summed E-state index contributed by atoms with van der Waals surface area (Å²) in [6.45, 7) is 0. The van der Waals surface area contributed by atoms with Crippen molar-refractivity contribution in [2.75, 3.05) is 0 Å². The maximum atomic E-state index is 13.4. The van der Waals surface area contributed by atoms with Crippen LogP contribution in [0.1, 0.15) is 44.0 Å². The Morgan fingerprint density at radius 3 is 3.00 bits per heavy atom. The quantitative estimate of drug-likeness (QED) is 0.856. The van der Waals surface area contributed by atoms with Gasteiger partial charge in [0.2, 0.25) is 5.89 Å². The van der Waals surface area contributed by atoms with Gasteiger partial charge < -0.3 is 9.73 Å². The molecule has 1 aliphatic heterocycles. The Labute approximate surface area is 121 Å². The molecule has 1 aromatic carbocycles. The van der Waals surface area contributed by atoms with Crippen molar-refractivity contribution in [2.24, 2.45) is 5.92 Å². The number of nitrogens with zero attached hydrogens (tertiary/aromatic N) is 1. The van der Waals surface area contributed by atoms with Gasteiger partial charge in [-0.1, -0.05) is 24.4 Å². The standard InChI is InChI=1S/C15H16ClFN2O/c16-9-6-12-14(7-10(9)17)20-15(19-12)13-5-8-3-1-2-4-11(8)18-13/h6-8,11,13,18H,1-5H2. The van der Waals surface area contributed by atoms with Crippen LogP contribution in [0.15, 0.2) is 16.5 Å². The van der Waals surface area contributed by atoms with Crippen LogP contribution in [-0.4, -0.2) is 11.0 Å². The van der Waals surface area contributed by atoms with Crippen molar-refractivity contribution in [3.63, 3.8) is 0 Å². The van der Waals surface area contributed by atoms with Crippen LogP contribution in [0, 0.1) is 11.7 Å². The van der Waals surface area contributed by atoms with E-state index in [1.165, 1.54) is 37.8 Å². The lowest BCUT2D eigenvalue weighted by Crippen LogP contribution is -2.30. The molecule has 1 N–H and O–H groups in total. The van der Waals surface area contributed by atoms with Crippen molar-refractivity contribution in [1.29, 1.82) is 0 Å². The molecule has 0 spiro atoms. The molecule has 106 valence electrons. The fraction of sp³-hybridized carbons (Fsp3) is 0.533. The van der Waals surface area contributed by atoms with Crippen molar-refractivity contribution in [3.8, 4) is 0 Å². The van der Waals surface area contributed by atoms with Gasteiger partial charge in [-0.3, -0.25) is 0 Å². The minimum Gasteiger partial charge on any atom is -0.439 e. The molecule has 4 rings (SSSR count). The van der Waals surface area contributed by atoms with Crippen LogP contribution in [0.25, 0.3) is 11.1 Å². The number of hydrogen-bond acceptors (Lipinski definition) is 3. The van der Waals surface area contributed by atoms with Crippen LogP contribution in [0.2, 0.25) is 5.02 Å². The maximum Gasteiger partial charge on any atom is 0.212 e. The van der Waals surface area contributed by atoms with Gasteiger partial charge in [0.25, 0.3) is 0 Å². The molecular formula is C15H16ClFN2O. The van der Waals surface area contributed by atoms with Gasteiger partial charge in [-0.25, -0.2) is 9.37 Å². The number of fused-ring (bicyclic) bond motifs is 2. The molecule has 3 atom stereocenters. The highest BCUT2D eigenvalue weighted by Crippen LogP contribution is 2.39. The number of hydrogen-bond donors (Lipinski definition) is 1. The number of oxazole rings is 1. The first-order valence-corrected chi connectivity index (χ1v) is 7.60. The van der Waals surface area contributed by atoms with Crippen molar-refractivity contribution >= 4 is 22.7 Å². The Morgan fingerprint density at radius 1 is 1.30 bits per heavy atom. The molecule has 1 saturated heterocycles. The second-order valence-corrected chi connectivity index (χ2v) is 6.30. The predicted octanol–water partition coefficient (Wildman–Crippen LogP) is 4.21. The van der Waals surface area contributed by atoms with E-state index in [4.69, 9.17) is 16.0 Å². The van der Waals surface area contributed by atoms with Gasteiger partial charge in [-0.15, -0.1) is 0 Å². The summed E-state index contributed by atoms with van der Waals surface area (Å²) in [7, 11) is 0. The molecule has 2 aliphatic rings. The third-order valence-electron chi connectivity index (χ3n) is 4.61. The zero-order valence-corrected chi connectivity index (χ0v) is 11.8. The Morgan fingerprint density at radius 2 is 2.15 bits per heavy atom. The fourth-order valence-electron chi connectivity index (χ4n) is 3.60. The summed E-state index contributed by atoms with van der Waals surface area (Å²) in [5.41, 5.74) is 1.10. The molecule has 1 aliphatic carbocycles. The van der Waals surface area contributed by atoms with E-state index in [1.807, 2.05) is 0 Å². The zero-order valence-electron chi connectivity index (χ0n) is 11.0. The number of benzene rings is 1. The normalized spacial score (nSPS) is 29.8. The minimum atomic E-state index is -0.463. The molecular weight excluding hydrogens is 279 g/mol. The third kappa shape index (κ3) is 2.02. The zero-order chi connectivity index (χ0) is 13.7. The summed E-state index contributed by atoms with van der Waals surface area (Å²) in [6.07, 6.45) is 6.21. The number of nitrogens with one attached hydrogen (secondary N) is 1. The van der Waals surface area contributed by atoms with Gasteiger partial charge in [0.05, 0.1) is 11.1 Å². The number of rotatable bonds is 1.